The molecule has 0 saturated carbocycles. The van der Waals surface area contributed by atoms with Gasteiger partial charge in [0.15, 0.2) is 0 Å². The van der Waals surface area contributed by atoms with E-state index in [2.05, 4.69) is 15.0 Å². The second-order valence-corrected chi connectivity index (χ2v) is 4.95. The van der Waals surface area contributed by atoms with E-state index in [0.717, 1.165) is 41.9 Å². The Balaban J connectivity index is 1.91. The molecule has 0 atom stereocenters. The maximum absolute atomic E-state index is 6.25. The fourth-order valence-electron chi connectivity index (χ4n) is 2.36. The van der Waals surface area contributed by atoms with Crippen LogP contribution in [0, 0.1) is 0 Å². The van der Waals surface area contributed by atoms with E-state index in [0.29, 0.717) is 5.15 Å². The summed E-state index contributed by atoms with van der Waals surface area (Å²) in [5, 5.41) is 0.642. The number of pyridine rings is 1. The van der Waals surface area contributed by atoms with E-state index >= 15 is 0 Å². The highest BCUT2D eigenvalue weighted by atomic mass is 35.5. The van der Waals surface area contributed by atoms with E-state index in [1.54, 1.807) is 12.4 Å². The van der Waals surface area contributed by atoms with E-state index in [1.807, 2.05) is 12.1 Å². The summed E-state index contributed by atoms with van der Waals surface area (Å²) in [7, 11) is 0. The monoisotopic (exact) mass is 259 g/mol. The van der Waals surface area contributed by atoms with Crippen LogP contribution < -0.4 is 0 Å². The molecule has 0 N–H and O–H groups in total. The average Bonchev–Trinajstić information content (AvgIpc) is 2.40. The van der Waals surface area contributed by atoms with Gasteiger partial charge in [0.05, 0.1) is 0 Å². The molecular weight excluding hydrogens is 246 g/mol. The molecule has 1 aliphatic rings. The first kappa shape index (κ1) is 11.6. The van der Waals surface area contributed by atoms with Gasteiger partial charge in [-0.3, -0.25) is 4.98 Å². The van der Waals surface area contributed by atoms with Gasteiger partial charge in [0.2, 0.25) is 0 Å². The van der Waals surface area contributed by atoms with Crippen LogP contribution in [-0.2, 0) is 19.3 Å². The molecule has 0 spiro atoms. The molecule has 0 radical (unpaired) electrons. The Labute approximate surface area is 111 Å². The summed E-state index contributed by atoms with van der Waals surface area (Å²) in [5.41, 5.74) is 3.46. The van der Waals surface area contributed by atoms with Crippen LogP contribution in [-0.4, -0.2) is 15.0 Å². The van der Waals surface area contributed by atoms with Crippen LogP contribution in [0.1, 0.15) is 35.5 Å². The second-order valence-electron chi connectivity index (χ2n) is 4.60. The Hall–Kier alpha value is -1.48. The molecule has 2 heterocycles. The molecule has 0 saturated heterocycles. The molecule has 3 rings (SSSR count). The van der Waals surface area contributed by atoms with Gasteiger partial charge in [0.25, 0.3) is 0 Å². The van der Waals surface area contributed by atoms with Crippen LogP contribution in [0.4, 0.5) is 0 Å². The van der Waals surface area contributed by atoms with Crippen LogP contribution in [0.25, 0.3) is 0 Å². The Kier molecular flexibility index (Phi) is 3.24. The number of rotatable bonds is 2. The zero-order chi connectivity index (χ0) is 12.4. The van der Waals surface area contributed by atoms with Crippen molar-refractivity contribution in [3.05, 3.63) is 52.3 Å². The molecular formula is C14H14ClN3. The van der Waals surface area contributed by atoms with Crippen LogP contribution in [0.3, 0.4) is 0 Å². The quantitative estimate of drug-likeness (QED) is 0.779. The highest BCUT2D eigenvalue weighted by Crippen LogP contribution is 2.25. The number of hydrogen-bond donors (Lipinski definition) is 0. The van der Waals surface area contributed by atoms with Crippen LogP contribution in [0.15, 0.2) is 24.5 Å². The smallest absolute Gasteiger partial charge is 0.136 e. The third-order valence-corrected chi connectivity index (χ3v) is 3.60. The lowest BCUT2D eigenvalue weighted by Crippen LogP contribution is -2.10. The Bertz CT molecular complexity index is 554. The van der Waals surface area contributed by atoms with Crippen molar-refractivity contribution >= 4 is 11.6 Å². The summed E-state index contributed by atoms with van der Waals surface area (Å²) >= 11 is 6.25. The van der Waals surface area contributed by atoms with Crippen molar-refractivity contribution in [3.63, 3.8) is 0 Å². The molecule has 0 aromatic carbocycles. The van der Waals surface area contributed by atoms with Crippen molar-refractivity contribution in [2.24, 2.45) is 0 Å². The average molecular weight is 260 g/mol. The summed E-state index contributed by atoms with van der Waals surface area (Å²) in [5.74, 6) is 0.812. The minimum absolute atomic E-state index is 0.642. The molecule has 2 aromatic rings. The normalized spacial score (nSPS) is 14.3. The summed E-state index contributed by atoms with van der Waals surface area (Å²) in [6, 6.07) is 3.97. The van der Waals surface area contributed by atoms with Crippen molar-refractivity contribution in [1.29, 1.82) is 0 Å². The minimum atomic E-state index is 0.642. The van der Waals surface area contributed by atoms with Gasteiger partial charge in [0.1, 0.15) is 11.0 Å². The van der Waals surface area contributed by atoms with Gasteiger partial charge in [-0.1, -0.05) is 11.6 Å². The minimum Gasteiger partial charge on any atom is -0.265 e. The molecule has 92 valence electrons. The molecule has 0 fully saturated rings. The second kappa shape index (κ2) is 5.02. The first-order chi connectivity index (χ1) is 8.83. The zero-order valence-corrected chi connectivity index (χ0v) is 10.8. The molecule has 0 unspecified atom stereocenters. The number of aromatic nitrogens is 3. The Morgan fingerprint density at radius 2 is 1.83 bits per heavy atom. The topological polar surface area (TPSA) is 38.7 Å². The van der Waals surface area contributed by atoms with Gasteiger partial charge in [-0.25, -0.2) is 9.97 Å². The molecule has 3 nitrogen and oxygen atoms in total. The van der Waals surface area contributed by atoms with Gasteiger partial charge < -0.3 is 0 Å². The predicted octanol–water partition coefficient (Wildman–Crippen LogP) is 2.99. The summed E-state index contributed by atoms with van der Waals surface area (Å²) in [6.45, 7) is 0. The number of halogens is 1. The number of nitrogens with zero attached hydrogens (tertiary/aromatic N) is 3. The standard InChI is InChI=1S/C14H14ClN3/c15-14-11-3-1-2-4-12(11)17-13(18-14)9-10-5-7-16-8-6-10/h5-8H,1-4,9H2. The van der Waals surface area contributed by atoms with E-state index in [9.17, 15) is 0 Å². The van der Waals surface area contributed by atoms with E-state index in [1.165, 1.54) is 12.8 Å². The van der Waals surface area contributed by atoms with Crippen molar-refractivity contribution < 1.29 is 0 Å². The van der Waals surface area contributed by atoms with Gasteiger partial charge in [-0.05, 0) is 43.4 Å². The lowest BCUT2D eigenvalue weighted by Gasteiger charge is -2.16. The Morgan fingerprint density at radius 3 is 2.67 bits per heavy atom. The van der Waals surface area contributed by atoms with Gasteiger partial charge in [0, 0.05) is 30.1 Å². The van der Waals surface area contributed by atoms with E-state index < -0.39 is 0 Å². The SMILES string of the molecule is Clc1nc(Cc2ccncc2)nc2c1CCCC2. The van der Waals surface area contributed by atoms with Crippen LogP contribution in [0.5, 0.6) is 0 Å². The van der Waals surface area contributed by atoms with Gasteiger partial charge in [-0.2, -0.15) is 0 Å². The van der Waals surface area contributed by atoms with E-state index in [-0.39, 0.29) is 0 Å². The van der Waals surface area contributed by atoms with Crippen molar-refractivity contribution in [2.45, 2.75) is 32.1 Å². The maximum atomic E-state index is 6.25. The molecule has 1 aliphatic carbocycles. The molecule has 0 amide bonds. The third-order valence-electron chi connectivity index (χ3n) is 3.29. The lowest BCUT2D eigenvalue weighted by atomic mass is 9.97. The third kappa shape index (κ3) is 2.36. The van der Waals surface area contributed by atoms with Crippen LogP contribution in [0.2, 0.25) is 5.15 Å². The highest BCUT2D eigenvalue weighted by molar-refractivity contribution is 6.30. The molecule has 0 bridgehead atoms. The number of fused-ring (bicyclic) bond motifs is 1. The van der Waals surface area contributed by atoms with Gasteiger partial charge >= 0.3 is 0 Å². The molecule has 4 heteroatoms. The first-order valence-electron chi connectivity index (χ1n) is 6.26. The summed E-state index contributed by atoms with van der Waals surface area (Å²) < 4.78 is 0. The highest BCUT2D eigenvalue weighted by Gasteiger charge is 2.16. The van der Waals surface area contributed by atoms with Gasteiger partial charge in [-0.15, -0.1) is 0 Å². The van der Waals surface area contributed by atoms with Crippen molar-refractivity contribution in [1.82, 2.24) is 15.0 Å². The van der Waals surface area contributed by atoms with E-state index in [4.69, 9.17) is 11.6 Å². The fraction of sp³-hybridized carbons (Fsp3) is 0.357. The predicted molar refractivity (Wildman–Crippen MR) is 70.7 cm³/mol. The van der Waals surface area contributed by atoms with Crippen molar-refractivity contribution in [3.8, 4) is 0 Å². The summed E-state index contributed by atoms with van der Waals surface area (Å²) in [6.07, 6.45) is 8.74. The largest absolute Gasteiger partial charge is 0.265 e. The molecule has 18 heavy (non-hydrogen) atoms. The Morgan fingerprint density at radius 1 is 1.06 bits per heavy atom. The lowest BCUT2D eigenvalue weighted by molar-refractivity contribution is 0.656. The molecule has 2 aromatic heterocycles. The number of aryl methyl sites for hydroxylation is 1. The fourth-order valence-corrected chi connectivity index (χ4v) is 2.66. The van der Waals surface area contributed by atoms with Crippen LogP contribution >= 0.6 is 11.6 Å². The maximum Gasteiger partial charge on any atom is 0.136 e. The first-order valence-corrected chi connectivity index (χ1v) is 6.64. The summed E-state index contributed by atoms with van der Waals surface area (Å²) in [4.78, 5) is 13.1. The molecule has 0 aliphatic heterocycles. The van der Waals surface area contributed by atoms with Crippen molar-refractivity contribution in [2.75, 3.05) is 0 Å². The number of hydrogen-bond acceptors (Lipinski definition) is 3. The zero-order valence-electron chi connectivity index (χ0n) is 10.1.